The van der Waals surface area contributed by atoms with Gasteiger partial charge in [0, 0.05) is 48.7 Å². The lowest BCUT2D eigenvalue weighted by atomic mass is 9.78. The highest BCUT2D eigenvalue weighted by Gasteiger charge is 2.38. The Bertz CT molecular complexity index is 6710. The number of benzene rings is 15. The van der Waals surface area contributed by atoms with E-state index in [1.807, 2.05) is 36.4 Å². The van der Waals surface area contributed by atoms with E-state index < -0.39 is 0 Å². The molecule has 3 aromatic heterocycles. The van der Waals surface area contributed by atoms with Crippen molar-refractivity contribution < 1.29 is 13.3 Å². The summed E-state index contributed by atoms with van der Waals surface area (Å²) in [6.45, 7) is 43.2. The zero-order valence-electron chi connectivity index (χ0n) is 73.0. The summed E-state index contributed by atoms with van der Waals surface area (Å²) in [4.78, 5) is 0. The summed E-state index contributed by atoms with van der Waals surface area (Å²) in [6, 6.07) is 120. The molecule has 0 fully saturated rings. The van der Waals surface area contributed by atoms with Crippen molar-refractivity contribution in [2.75, 3.05) is 0 Å². The lowest BCUT2D eigenvalue weighted by Gasteiger charge is -2.25. The van der Waals surface area contributed by atoms with E-state index in [1.54, 1.807) is 0 Å². The minimum absolute atomic E-state index is 0.0384. The summed E-state index contributed by atoms with van der Waals surface area (Å²) in [7, 11) is 0. The molecule has 18 aromatic rings. The summed E-state index contributed by atoms with van der Waals surface area (Å²) >= 11 is 0. The molecule has 0 bridgehead atoms. The third-order valence-electron chi connectivity index (χ3n) is 24.7. The Hall–Kier alpha value is -12.3. The van der Waals surface area contributed by atoms with Crippen LogP contribution in [0.3, 0.4) is 0 Å². The normalized spacial score (nSPS) is 13.3. The van der Waals surface area contributed by atoms with E-state index in [2.05, 4.69) is 429 Å². The van der Waals surface area contributed by atoms with Crippen molar-refractivity contribution in [2.45, 2.75) is 169 Å². The van der Waals surface area contributed by atoms with E-state index in [1.165, 1.54) is 155 Å². The second-order valence-electron chi connectivity index (χ2n) is 38.9. The monoisotopic (exact) mass is 1550 g/mol. The van der Waals surface area contributed by atoms with E-state index in [9.17, 15) is 0 Å². The summed E-state index contributed by atoms with van der Waals surface area (Å²) in [5.74, 6) is 0. The first-order chi connectivity index (χ1) is 56.6. The summed E-state index contributed by atoms with van der Waals surface area (Å²) in [6.07, 6.45) is 0. The number of hydrogen-bond donors (Lipinski definition) is 0. The van der Waals surface area contributed by atoms with Gasteiger partial charge in [-0.3, -0.25) is 0 Å². The van der Waals surface area contributed by atoms with E-state index in [4.69, 9.17) is 13.3 Å². The zero-order valence-corrected chi connectivity index (χ0v) is 73.0. The van der Waals surface area contributed by atoms with Gasteiger partial charge < -0.3 is 13.3 Å². The van der Waals surface area contributed by atoms with Gasteiger partial charge in [0.1, 0.15) is 33.5 Å². The first-order valence-corrected chi connectivity index (χ1v) is 42.4. The van der Waals surface area contributed by atoms with E-state index in [0.29, 0.717) is 0 Å². The molecule has 119 heavy (non-hydrogen) atoms. The number of fused-ring (bicyclic) bond motifs is 15. The van der Waals surface area contributed by atoms with Gasteiger partial charge in [0.2, 0.25) is 0 Å². The van der Waals surface area contributed by atoms with E-state index >= 15 is 0 Å². The van der Waals surface area contributed by atoms with Gasteiger partial charge in [-0.1, -0.05) is 411 Å². The lowest BCUT2D eigenvalue weighted by Crippen LogP contribution is -2.17. The summed E-state index contributed by atoms with van der Waals surface area (Å²) in [5.41, 5.74) is 37.3. The maximum atomic E-state index is 6.14. The second-order valence-corrected chi connectivity index (χ2v) is 38.9. The molecular formula is C116H112O3. The van der Waals surface area contributed by atoms with Gasteiger partial charge in [0.25, 0.3) is 0 Å². The minimum Gasteiger partial charge on any atom is -0.456 e. The number of para-hydroxylation sites is 4. The molecular weight excluding hydrogens is 1440 g/mol. The maximum absolute atomic E-state index is 6.14. The fraction of sp³-hybridized carbons (Fsp3) is 0.224. The number of hydrogen-bond acceptors (Lipinski definition) is 3. The Labute approximate surface area is 705 Å². The molecule has 2 aliphatic carbocycles. The van der Waals surface area contributed by atoms with Gasteiger partial charge in [-0.15, -0.1) is 0 Å². The van der Waals surface area contributed by atoms with Crippen molar-refractivity contribution in [2.24, 2.45) is 0 Å². The highest BCUT2D eigenvalue weighted by molar-refractivity contribution is 6.10. The maximum Gasteiger partial charge on any atom is 0.143 e. The largest absolute Gasteiger partial charge is 0.456 e. The number of furan rings is 3. The molecule has 0 N–H and O–H groups in total. The Morgan fingerprint density at radius 3 is 0.975 bits per heavy atom. The van der Waals surface area contributed by atoms with Crippen LogP contribution in [0.2, 0.25) is 0 Å². The van der Waals surface area contributed by atoms with E-state index in [0.717, 1.165) is 39.1 Å². The van der Waals surface area contributed by atoms with Crippen LogP contribution < -0.4 is 0 Å². The Morgan fingerprint density at radius 2 is 0.479 bits per heavy atom. The third kappa shape index (κ3) is 16.2. The van der Waals surface area contributed by atoms with Crippen LogP contribution >= 0.6 is 0 Å². The molecule has 2 aliphatic rings. The summed E-state index contributed by atoms with van der Waals surface area (Å²) < 4.78 is 18.0. The molecule has 3 heteroatoms. The molecule has 3 heterocycles. The SMILES string of the molecule is CC(C)(C)c1ccc(-c2ccc3c(c2)C(C)(C)c2ccccc2-3)cc1.CC(C)(C)c1ccc(-c2ccc3c(c2)oc2ccccc23)cc1.CC(C)(C)c1ccc(-c2ccc3oc4ccccc4c3c2)cc1.CC(C)(C)c1ccc(-c2cccc3c2oc2ccccc23)cc1.CC(C)(C)c1ccc2c(c1)C(C)(C)c1cc(-c3ccccc3)ccc1-2. The molecule has 594 valence electrons. The van der Waals surface area contributed by atoms with Crippen LogP contribution in [0.25, 0.3) is 144 Å². The molecule has 0 unspecified atom stereocenters. The van der Waals surface area contributed by atoms with Crippen LogP contribution in [-0.2, 0) is 37.9 Å². The molecule has 15 aromatic carbocycles. The third-order valence-corrected chi connectivity index (χ3v) is 24.7. The predicted octanol–water partition coefficient (Wildman–Crippen LogP) is 33.6. The van der Waals surface area contributed by atoms with Gasteiger partial charge in [-0.25, -0.2) is 0 Å². The smallest absolute Gasteiger partial charge is 0.143 e. The van der Waals surface area contributed by atoms with Crippen LogP contribution in [0.5, 0.6) is 0 Å². The number of rotatable bonds is 5. The second kappa shape index (κ2) is 31.2. The molecule has 0 saturated carbocycles. The standard InChI is InChI=1S/2C25H26.3C22H20O/c1-24(2,3)19-13-10-17(11-14-19)18-12-15-21-20-8-6-7-9-22(20)25(4,5)23(21)16-18;1-24(2,3)19-12-14-21-20-13-11-18(17-9-7-6-8-10-17)15-22(20)25(4,5)23(21)16-19;1-22(2,3)16-13-11-15(12-14-16)17-8-6-9-19-18-7-4-5-10-20(18)23-21(17)19;1-22(2,3)17-11-8-15(9-12-17)16-10-13-21-19(14-16)18-6-4-5-7-20(18)23-21;1-22(2,3)17-11-8-15(9-12-17)16-10-13-19-18-6-4-5-7-20(18)23-21(19)14-16/h2*6-16H,1-5H3;3*4-14H,1-3H3. The molecule has 0 radical (unpaired) electrons. The average Bonchev–Trinajstić information content (AvgIpc) is 1.58. The Balaban J connectivity index is 0.000000111. The quantitative estimate of drug-likeness (QED) is 0.172. The van der Waals surface area contributed by atoms with Crippen molar-refractivity contribution >= 4 is 65.8 Å². The van der Waals surface area contributed by atoms with Crippen LogP contribution in [-0.4, -0.2) is 0 Å². The van der Waals surface area contributed by atoms with Crippen molar-refractivity contribution in [3.63, 3.8) is 0 Å². The van der Waals surface area contributed by atoms with Gasteiger partial charge in [0.15, 0.2) is 0 Å². The van der Waals surface area contributed by atoms with Gasteiger partial charge >= 0.3 is 0 Å². The predicted molar refractivity (Wildman–Crippen MR) is 510 cm³/mol. The van der Waals surface area contributed by atoms with Crippen LogP contribution in [0.4, 0.5) is 0 Å². The lowest BCUT2D eigenvalue weighted by molar-refractivity contribution is 0.584. The zero-order chi connectivity index (χ0) is 83.7. The molecule has 0 amide bonds. The van der Waals surface area contributed by atoms with Crippen molar-refractivity contribution in [1.29, 1.82) is 0 Å². The molecule has 20 rings (SSSR count). The topological polar surface area (TPSA) is 39.4 Å². The Kier molecular flexibility index (Phi) is 21.1. The van der Waals surface area contributed by atoms with Crippen molar-refractivity contribution in [3.05, 3.63) is 384 Å². The molecule has 0 aliphatic heterocycles. The highest BCUT2D eigenvalue weighted by Crippen LogP contribution is 2.52. The van der Waals surface area contributed by atoms with Gasteiger partial charge in [-0.05, 0) is 204 Å². The summed E-state index contributed by atoms with van der Waals surface area (Å²) in [5, 5.41) is 7.06. The van der Waals surface area contributed by atoms with Crippen LogP contribution in [0.1, 0.15) is 182 Å². The first-order valence-electron chi connectivity index (χ1n) is 42.4. The molecule has 0 spiro atoms. The molecule has 0 saturated heterocycles. The fourth-order valence-electron chi connectivity index (χ4n) is 17.3. The fourth-order valence-corrected chi connectivity index (χ4v) is 17.3. The average molecular weight is 1550 g/mol. The van der Waals surface area contributed by atoms with Crippen LogP contribution in [0.15, 0.2) is 347 Å². The van der Waals surface area contributed by atoms with E-state index in [-0.39, 0.29) is 37.9 Å². The minimum atomic E-state index is 0.0384. The highest BCUT2D eigenvalue weighted by atomic mass is 16.3. The van der Waals surface area contributed by atoms with Crippen molar-refractivity contribution in [3.8, 4) is 77.9 Å². The molecule has 0 atom stereocenters. The van der Waals surface area contributed by atoms with Gasteiger partial charge in [0.05, 0.1) is 0 Å². The van der Waals surface area contributed by atoms with Crippen molar-refractivity contribution in [1.82, 2.24) is 0 Å². The van der Waals surface area contributed by atoms with Crippen LogP contribution in [0, 0.1) is 0 Å². The first kappa shape index (κ1) is 80.5. The van der Waals surface area contributed by atoms with Gasteiger partial charge in [-0.2, -0.15) is 0 Å². The Morgan fingerprint density at radius 1 is 0.176 bits per heavy atom. The molecule has 3 nitrogen and oxygen atoms in total.